The quantitative estimate of drug-likeness (QED) is 0.843. The van der Waals surface area contributed by atoms with Gasteiger partial charge in [0.05, 0.1) is 12.7 Å². The summed E-state index contributed by atoms with van der Waals surface area (Å²) in [4.78, 5) is 13.3. The van der Waals surface area contributed by atoms with Gasteiger partial charge >= 0.3 is 0 Å². The molecule has 1 atom stereocenters. The van der Waals surface area contributed by atoms with E-state index >= 15 is 0 Å². The molecule has 1 unspecified atom stereocenters. The highest BCUT2D eigenvalue weighted by molar-refractivity contribution is 5.36. The highest BCUT2D eigenvalue weighted by Crippen LogP contribution is 2.42. The summed E-state index contributed by atoms with van der Waals surface area (Å²) in [6.45, 7) is 4.84. The van der Waals surface area contributed by atoms with Crippen LogP contribution in [-0.4, -0.2) is 54.3 Å². The van der Waals surface area contributed by atoms with Gasteiger partial charge in [0, 0.05) is 44.0 Å². The fraction of sp³-hybridized carbons (Fsp3) is 0.474. The van der Waals surface area contributed by atoms with Gasteiger partial charge in [-0.2, -0.15) is 0 Å². The van der Waals surface area contributed by atoms with Crippen molar-refractivity contribution < 1.29 is 4.74 Å². The zero-order valence-electron chi connectivity index (χ0n) is 14.1. The summed E-state index contributed by atoms with van der Waals surface area (Å²) in [6.07, 6.45) is 5.08. The van der Waals surface area contributed by atoms with Crippen LogP contribution < -0.4 is 4.90 Å². The second kappa shape index (κ2) is 6.49. The van der Waals surface area contributed by atoms with Gasteiger partial charge in [-0.3, -0.25) is 4.90 Å². The minimum absolute atomic E-state index is 0.303. The van der Waals surface area contributed by atoms with Crippen molar-refractivity contribution in [3.8, 4) is 0 Å². The molecule has 4 rings (SSSR count). The van der Waals surface area contributed by atoms with Gasteiger partial charge in [0.25, 0.3) is 0 Å². The number of nitrogens with zero attached hydrogens (tertiary/aromatic N) is 4. The Morgan fingerprint density at radius 3 is 2.67 bits per heavy atom. The number of hydrogen-bond donors (Lipinski definition) is 0. The highest BCUT2D eigenvalue weighted by atomic mass is 16.5. The van der Waals surface area contributed by atoms with Crippen LogP contribution in [0, 0.1) is 5.41 Å². The largest absolute Gasteiger partial charge is 0.376 e. The molecule has 0 aliphatic carbocycles. The Hall–Kier alpha value is -1.98. The van der Waals surface area contributed by atoms with Crippen molar-refractivity contribution in [2.75, 3.05) is 38.2 Å². The SMILES string of the molecule is CN(Cc1ccccc1)CC1CC2(CO1)CN(c1ncccn1)C2. The molecule has 0 saturated carbocycles. The van der Waals surface area contributed by atoms with Crippen LogP contribution in [0.25, 0.3) is 0 Å². The van der Waals surface area contributed by atoms with E-state index in [-0.39, 0.29) is 0 Å². The monoisotopic (exact) mass is 324 g/mol. The number of ether oxygens (including phenoxy) is 1. The van der Waals surface area contributed by atoms with E-state index < -0.39 is 0 Å². The molecule has 0 amide bonds. The zero-order chi connectivity index (χ0) is 16.4. The maximum absolute atomic E-state index is 6.09. The van der Waals surface area contributed by atoms with E-state index in [0.29, 0.717) is 11.5 Å². The van der Waals surface area contributed by atoms with E-state index in [1.165, 1.54) is 5.56 Å². The Labute approximate surface area is 143 Å². The van der Waals surface area contributed by atoms with Gasteiger partial charge in [-0.15, -0.1) is 0 Å². The van der Waals surface area contributed by atoms with Crippen molar-refractivity contribution in [1.82, 2.24) is 14.9 Å². The smallest absolute Gasteiger partial charge is 0.225 e. The molecule has 1 aromatic heterocycles. The molecule has 24 heavy (non-hydrogen) atoms. The minimum atomic E-state index is 0.303. The molecule has 0 radical (unpaired) electrons. The molecule has 0 N–H and O–H groups in total. The standard InChI is InChI=1S/C19H24N4O/c1-22(11-16-6-3-2-4-7-16)12-17-10-19(15-24-17)13-23(14-19)18-20-8-5-9-21-18/h2-9,17H,10-15H2,1H3. The molecule has 5 heteroatoms. The summed E-state index contributed by atoms with van der Waals surface area (Å²) >= 11 is 0. The lowest BCUT2D eigenvalue weighted by atomic mass is 9.78. The maximum atomic E-state index is 6.09. The Bertz CT molecular complexity index is 658. The molecule has 2 aromatic rings. The number of hydrogen-bond acceptors (Lipinski definition) is 5. The Balaban J connectivity index is 1.27. The Morgan fingerprint density at radius 2 is 1.92 bits per heavy atom. The number of aromatic nitrogens is 2. The minimum Gasteiger partial charge on any atom is -0.376 e. The molecular weight excluding hydrogens is 300 g/mol. The van der Waals surface area contributed by atoms with Crippen LogP contribution in [0.2, 0.25) is 0 Å². The third-order valence-electron chi connectivity index (χ3n) is 4.98. The summed E-state index contributed by atoms with van der Waals surface area (Å²) in [6, 6.07) is 12.5. The topological polar surface area (TPSA) is 41.5 Å². The highest BCUT2D eigenvalue weighted by Gasteiger charge is 2.49. The second-order valence-corrected chi connectivity index (χ2v) is 7.22. The van der Waals surface area contributed by atoms with Gasteiger partial charge in [-0.25, -0.2) is 9.97 Å². The lowest BCUT2D eigenvalue weighted by Gasteiger charge is -2.47. The van der Waals surface area contributed by atoms with Crippen molar-refractivity contribution in [1.29, 1.82) is 0 Å². The van der Waals surface area contributed by atoms with Crippen molar-refractivity contribution in [3.05, 3.63) is 54.4 Å². The van der Waals surface area contributed by atoms with Crippen molar-refractivity contribution >= 4 is 5.95 Å². The molecule has 1 aromatic carbocycles. The molecule has 1 spiro atoms. The van der Waals surface area contributed by atoms with Crippen LogP contribution in [0.5, 0.6) is 0 Å². The van der Waals surface area contributed by atoms with Crippen LogP contribution in [0.15, 0.2) is 48.8 Å². The third kappa shape index (κ3) is 3.28. The number of rotatable bonds is 5. The molecular formula is C19H24N4O. The lowest BCUT2D eigenvalue weighted by molar-refractivity contribution is 0.0660. The molecule has 2 saturated heterocycles. The Morgan fingerprint density at radius 1 is 1.17 bits per heavy atom. The third-order valence-corrected chi connectivity index (χ3v) is 4.98. The van der Waals surface area contributed by atoms with Crippen molar-refractivity contribution in [2.45, 2.75) is 19.1 Å². The molecule has 0 bridgehead atoms. The molecule has 5 nitrogen and oxygen atoms in total. The lowest BCUT2D eigenvalue weighted by Crippen LogP contribution is -2.57. The van der Waals surface area contributed by atoms with E-state index in [4.69, 9.17) is 4.74 Å². The second-order valence-electron chi connectivity index (χ2n) is 7.22. The van der Waals surface area contributed by atoms with Gasteiger partial charge in [0.15, 0.2) is 0 Å². The molecule has 3 heterocycles. The fourth-order valence-corrected chi connectivity index (χ4v) is 3.90. The summed E-state index contributed by atoms with van der Waals surface area (Å²) in [7, 11) is 2.17. The van der Waals surface area contributed by atoms with Crippen LogP contribution in [-0.2, 0) is 11.3 Å². The van der Waals surface area contributed by atoms with Gasteiger partial charge in [-0.05, 0) is 25.1 Å². The average molecular weight is 324 g/mol. The average Bonchev–Trinajstić information content (AvgIpc) is 2.99. The van der Waals surface area contributed by atoms with Crippen molar-refractivity contribution in [2.24, 2.45) is 5.41 Å². The first-order valence-electron chi connectivity index (χ1n) is 8.59. The van der Waals surface area contributed by atoms with Crippen LogP contribution in [0.3, 0.4) is 0 Å². The predicted molar refractivity (Wildman–Crippen MR) is 93.8 cm³/mol. The van der Waals surface area contributed by atoms with Gasteiger partial charge < -0.3 is 9.64 Å². The summed E-state index contributed by atoms with van der Waals surface area (Å²) < 4.78 is 6.09. The van der Waals surface area contributed by atoms with Gasteiger partial charge in [0.2, 0.25) is 5.95 Å². The Kier molecular flexibility index (Phi) is 4.21. The van der Waals surface area contributed by atoms with Crippen molar-refractivity contribution in [3.63, 3.8) is 0 Å². The number of benzene rings is 1. The molecule has 2 aliphatic heterocycles. The molecule has 2 aliphatic rings. The molecule has 126 valence electrons. The van der Waals surface area contributed by atoms with E-state index in [1.54, 1.807) is 12.4 Å². The van der Waals surface area contributed by atoms with E-state index in [1.807, 2.05) is 6.07 Å². The summed E-state index contributed by atoms with van der Waals surface area (Å²) in [5.41, 5.74) is 1.65. The fourth-order valence-electron chi connectivity index (χ4n) is 3.90. The molecule has 2 fully saturated rings. The summed E-state index contributed by atoms with van der Waals surface area (Å²) in [5.74, 6) is 0.841. The normalized spacial score (nSPS) is 22.1. The van der Waals surface area contributed by atoms with Gasteiger partial charge in [-0.1, -0.05) is 30.3 Å². The van der Waals surface area contributed by atoms with E-state index in [2.05, 4.69) is 57.1 Å². The van der Waals surface area contributed by atoms with E-state index in [0.717, 1.165) is 45.2 Å². The number of likely N-dealkylation sites (N-methyl/N-ethyl adjacent to an activating group) is 1. The van der Waals surface area contributed by atoms with Crippen LogP contribution >= 0.6 is 0 Å². The maximum Gasteiger partial charge on any atom is 0.225 e. The predicted octanol–water partition coefficient (Wildman–Crippen LogP) is 2.20. The van der Waals surface area contributed by atoms with E-state index in [9.17, 15) is 0 Å². The first-order chi connectivity index (χ1) is 11.7. The van der Waals surface area contributed by atoms with Crippen LogP contribution in [0.4, 0.5) is 5.95 Å². The van der Waals surface area contributed by atoms with Crippen LogP contribution in [0.1, 0.15) is 12.0 Å². The first-order valence-corrected chi connectivity index (χ1v) is 8.59. The zero-order valence-corrected chi connectivity index (χ0v) is 14.1. The summed E-state index contributed by atoms with van der Waals surface area (Å²) in [5, 5.41) is 0. The number of anilines is 1. The van der Waals surface area contributed by atoms with Gasteiger partial charge in [0.1, 0.15) is 0 Å². The first kappa shape index (κ1) is 15.5.